The van der Waals surface area contributed by atoms with Crippen molar-refractivity contribution in [3.63, 3.8) is 0 Å². The number of carbonyl (C=O) groups excluding carboxylic acids is 2. The lowest BCUT2D eigenvalue weighted by Gasteiger charge is -2.31. The summed E-state index contributed by atoms with van der Waals surface area (Å²) in [4.78, 5) is 38.9. The Bertz CT molecular complexity index is 695. The molecule has 25 heavy (non-hydrogen) atoms. The minimum Gasteiger partial charge on any atom is -0.481 e. The van der Waals surface area contributed by atoms with E-state index in [4.69, 9.17) is 9.84 Å². The molecule has 7 nitrogen and oxygen atoms in total. The predicted molar refractivity (Wildman–Crippen MR) is 88.8 cm³/mol. The summed E-state index contributed by atoms with van der Waals surface area (Å²) >= 11 is 0. The zero-order valence-corrected chi connectivity index (χ0v) is 14.2. The van der Waals surface area contributed by atoms with Crippen LogP contribution in [0.3, 0.4) is 0 Å². The zero-order chi connectivity index (χ0) is 18.0. The van der Waals surface area contributed by atoms with Gasteiger partial charge >= 0.3 is 5.97 Å². The van der Waals surface area contributed by atoms with Gasteiger partial charge in [0.05, 0.1) is 25.7 Å². The first kappa shape index (κ1) is 17.4. The van der Waals surface area contributed by atoms with Crippen LogP contribution in [0.1, 0.15) is 34.3 Å². The molecule has 0 aliphatic carbocycles. The molecule has 1 N–H and O–H groups in total. The molecule has 0 atom stereocenters. The number of hydrogen-bond acceptors (Lipinski definition) is 4. The Morgan fingerprint density at radius 1 is 1.20 bits per heavy atom. The number of nitrogens with zero attached hydrogens (tertiary/aromatic N) is 2. The number of likely N-dealkylation sites (N-methyl/N-ethyl adjacent to an activating group) is 1. The molecule has 2 heterocycles. The van der Waals surface area contributed by atoms with Crippen LogP contribution >= 0.6 is 0 Å². The van der Waals surface area contributed by atoms with Crippen LogP contribution in [-0.4, -0.2) is 59.4 Å². The van der Waals surface area contributed by atoms with E-state index in [2.05, 4.69) is 0 Å². The molecule has 2 aliphatic heterocycles. The first-order chi connectivity index (χ1) is 12.0. The maximum absolute atomic E-state index is 12.5. The summed E-state index contributed by atoms with van der Waals surface area (Å²) in [6.07, 6.45) is 0.924. The standard InChI is InChI=1S/C18H22N2O5/c1-19(9-16(21)20-6-4-12(5-7-20)18(23)24)17(22)13-2-3-14-10-25-11-15(14)8-13/h2-3,8,12H,4-7,9-11H2,1H3,(H,23,24). The van der Waals surface area contributed by atoms with Gasteiger partial charge < -0.3 is 19.6 Å². The number of carboxylic acids is 1. The maximum Gasteiger partial charge on any atom is 0.306 e. The Morgan fingerprint density at radius 3 is 2.56 bits per heavy atom. The topological polar surface area (TPSA) is 87.2 Å². The van der Waals surface area contributed by atoms with Gasteiger partial charge in [0.25, 0.3) is 5.91 Å². The van der Waals surface area contributed by atoms with E-state index in [1.54, 1.807) is 18.0 Å². The van der Waals surface area contributed by atoms with Gasteiger partial charge in [-0.1, -0.05) is 6.07 Å². The van der Waals surface area contributed by atoms with Crippen molar-refractivity contribution in [1.29, 1.82) is 0 Å². The molecule has 0 radical (unpaired) electrons. The van der Waals surface area contributed by atoms with Gasteiger partial charge in [-0.3, -0.25) is 14.4 Å². The Labute approximate surface area is 146 Å². The summed E-state index contributed by atoms with van der Waals surface area (Å²) in [5.41, 5.74) is 2.65. The zero-order valence-electron chi connectivity index (χ0n) is 14.2. The third kappa shape index (κ3) is 3.82. The summed E-state index contributed by atoms with van der Waals surface area (Å²) in [6, 6.07) is 5.47. The molecule has 0 aromatic heterocycles. The third-order valence-corrected chi connectivity index (χ3v) is 4.88. The number of hydrogen-bond donors (Lipinski definition) is 1. The largest absolute Gasteiger partial charge is 0.481 e. The van der Waals surface area contributed by atoms with Gasteiger partial charge in [0.1, 0.15) is 0 Å². The van der Waals surface area contributed by atoms with E-state index in [0.717, 1.165) is 11.1 Å². The maximum atomic E-state index is 12.5. The first-order valence-corrected chi connectivity index (χ1v) is 8.41. The fourth-order valence-electron chi connectivity index (χ4n) is 3.28. The SMILES string of the molecule is CN(CC(=O)N1CCC(C(=O)O)CC1)C(=O)c1ccc2c(c1)COC2. The number of ether oxygens (including phenoxy) is 1. The van der Waals surface area contributed by atoms with E-state index in [0.29, 0.717) is 44.7 Å². The molecule has 1 fully saturated rings. The van der Waals surface area contributed by atoms with E-state index < -0.39 is 5.97 Å². The fraction of sp³-hybridized carbons (Fsp3) is 0.500. The summed E-state index contributed by atoms with van der Waals surface area (Å²) in [7, 11) is 1.61. The smallest absolute Gasteiger partial charge is 0.306 e. The number of aliphatic carboxylic acids is 1. The molecule has 1 aromatic carbocycles. The van der Waals surface area contributed by atoms with Crippen LogP contribution < -0.4 is 0 Å². The second-order valence-electron chi connectivity index (χ2n) is 6.63. The molecule has 134 valence electrons. The van der Waals surface area contributed by atoms with Crippen molar-refractivity contribution in [2.24, 2.45) is 5.92 Å². The normalized spacial score (nSPS) is 17.2. The predicted octanol–water partition coefficient (Wildman–Crippen LogP) is 1.11. The van der Waals surface area contributed by atoms with E-state index in [1.807, 2.05) is 12.1 Å². The molecular weight excluding hydrogens is 324 g/mol. The quantitative estimate of drug-likeness (QED) is 0.882. The summed E-state index contributed by atoms with van der Waals surface area (Å²) in [5.74, 6) is -1.54. The average Bonchev–Trinajstić information content (AvgIpc) is 3.08. The molecule has 0 unspecified atom stereocenters. The van der Waals surface area contributed by atoms with Crippen LogP contribution in [0.2, 0.25) is 0 Å². The molecule has 3 rings (SSSR count). The first-order valence-electron chi connectivity index (χ1n) is 8.41. The van der Waals surface area contributed by atoms with Crippen LogP contribution in [0.25, 0.3) is 0 Å². The fourth-order valence-corrected chi connectivity index (χ4v) is 3.28. The molecule has 7 heteroatoms. The van der Waals surface area contributed by atoms with Gasteiger partial charge in [-0.25, -0.2) is 0 Å². The van der Waals surface area contributed by atoms with Gasteiger partial charge in [0.15, 0.2) is 0 Å². The van der Waals surface area contributed by atoms with Crippen molar-refractivity contribution in [2.75, 3.05) is 26.7 Å². The van der Waals surface area contributed by atoms with Gasteiger partial charge in [-0.05, 0) is 36.1 Å². The molecular formula is C18H22N2O5. The number of carboxylic acid groups (broad SMARTS) is 1. The van der Waals surface area contributed by atoms with E-state index in [-0.39, 0.29) is 24.3 Å². The Balaban J connectivity index is 1.56. The number of carbonyl (C=O) groups is 3. The van der Waals surface area contributed by atoms with Gasteiger partial charge in [-0.2, -0.15) is 0 Å². The highest BCUT2D eigenvalue weighted by Gasteiger charge is 2.28. The van der Waals surface area contributed by atoms with Gasteiger partial charge in [0.2, 0.25) is 5.91 Å². The number of benzene rings is 1. The molecule has 1 saturated heterocycles. The number of likely N-dealkylation sites (tertiary alicyclic amines) is 1. The van der Waals surface area contributed by atoms with E-state index in [1.165, 1.54) is 4.90 Å². The second-order valence-corrected chi connectivity index (χ2v) is 6.63. The number of fused-ring (bicyclic) bond motifs is 1. The molecule has 0 saturated carbocycles. The van der Waals surface area contributed by atoms with Crippen molar-refractivity contribution < 1.29 is 24.2 Å². The Hall–Kier alpha value is -2.41. The number of piperidine rings is 1. The van der Waals surface area contributed by atoms with Crippen LogP contribution in [0.15, 0.2) is 18.2 Å². The highest BCUT2D eigenvalue weighted by atomic mass is 16.5. The molecule has 0 bridgehead atoms. The van der Waals surface area contributed by atoms with Crippen molar-refractivity contribution in [1.82, 2.24) is 9.80 Å². The van der Waals surface area contributed by atoms with Crippen molar-refractivity contribution in [3.8, 4) is 0 Å². The lowest BCUT2D eigenvalue weighted by Crippen LogP contribution is -2.45. The minimum atomic E-state index is -0.806. The van der Waals surface area contributed by atoms with Crippen LogP contribution in [0.5, 0.6) is 0 Å². The molecule has 0 spiro atoms. The Kier molecular flexibility index (Phi) is 5.03. The Morgan fingerprint density at radius 2 is 1.88 bits per heavy atom. The molecule has 2 amide bonds. The summed E-state index contributed by atoms with van der Waals surface area (Å²) < 4.78 is 5.35. The lowest BCUT2D eigenvalue weighted by molar-refractivity contribution is -0.145. The third-order valence-electron chi connectivity index (χ3n) is 4.88. The van der Waals surface area contributed by atoms with Gasteiger partial charge in [0, 0.05) is 25.7 Å². The average molecular weight is 346 g/mol. The second kappa shape index (κ2) is 7.23. The van der Waals surface area contributed by atoms with Crippen LogP contribution in [0.4, 0.5) is 0 Å². The molecule has 1 aromatic rings. The molecule has 2 aliphatic rings. The number of amides is 2. The number of rotatable bonds is 4. The summed E-state index contributed by atoms with van der Waals surface area (Å²) in [6.45, 7) is 1.92. The van der Waals surface area contributed by atoms with E-state index >= 15 is 0 Å². The van der Waals surface area contributed by atoms with Crippen molar-refractivity contribution in [2.45, 2.75) is 26.1 Å². The van der Waals surface area contributed by atoms with E-state index in [9.17, 15) is 14.4 Å². The van der Waals surface area contributed by atoms with Gasteiger partial charge in [-0.15, -0.1) is 0 Å². The lowest BCUT2D eigenvalue weighted by atomic mass is 9.97. The highest BCUT2D eigenvalue weighted by molar-refractivity contribution is 5.96. The monoisotopic (exact) mass is 346 g/mol. The van der Waals surface area contributed by atoms with Crippen molar-refractivity contribution in [3.05, 3.63) is 34.9 Å². The van der Waals surface area contributed by atoms with Crippen molar-refractivity contribution >= 4 is 17.8 Å². The van der Waals surface area contributed by atoms with Crippen LogP contribution in [0, 0.1) is 5.92 Å². The highest BCUT2D eigenvalue weighted by Crippen LogP contribution is 2.22. The summed E-state index contributed by atoms with van der Waals surface area (Å²) in [5, 5.41) is 9.01. The van der Waals surface area contributed by atoms with Crippen LogP contribution in [-0.2, 0) is 27.5 Å². The minimum absolute atomic E-state index is 0.00977.